The maximum atomic E-state index is 11.6. The summed E-state index contributed by atoms with van der Waals surface area (Å²) in [5.74, 6) is 1.39. The molecule has 2 rings (SSSR count). The van der Waals surface area contributed by atoms with E-state index >= 15 is 0 Å². The highest BCUT2D eigenvalue weighted by Crippen LogP contribution is 2.32. The Morgan fingerprint density at radius 2 is 2.00 bits per heavy atom. The molecular formula is C15H21NOS. The number of thioether (sulfide) groups is 1. The SMILES string of the molecule is CCC(=O)c1ccc(N2CCSC(C)(C)C2)cc1. The molecular weight excluding hydrogens is 242 g/mol. The van der Waals surface area contributed by atoms with Crippen molar-refractivity contribution in [3.05, 3.63) is 29.8 Å². The summed E-state index contributed by atoms with van der Waals surface area (Å²) >= 11 is 2.03. The van der Waals surface area contributed by atoms with Gasteiger partial charge in [-0.05, 0) is 38.1 Å². The summed E-state index contributed by atoms with van der Waals surface area (Å²) < 4.78 is 0.316. The number of nitrogens with zero attached hydrogens (tertiary/aromatic N) is 1. The number of anilines is 1. The number of hydrogen-bond acceptors (Lipinski definition) is 3. The summed E-state index contributed by atoms with van der Waals surface area (Å²) in [4.78, 5) is 14.0. The van der Waals surface area contributed by atoms with Gasteiger partial charge >= 0.3 is 0 Å². The Balaban J connectivity index is 2.12. The predicted octanol–water partition coefficient (Wildman–Crippen LogP) is 3.61. The number of rotatable bonds is 3. The van der Waals surface area contributed by atoms with Gasteiger partial charge in [0.2, 0.25) is 0 Å². The fourth-order valence-corrected chi connectivity index (χ4v) is 3.41. The van der Waals surface area contributed by atoms with Crippen LogP contribution in [0.15, 0.2) is 24.3 Å². The fraction of sp³-hybridized carbons (Fsp3) is 0.533. The average Bonchev–Trinajstić information content (AvgIpc) is 2.37. The van der Waals surface area contributed by atoms with Gasteiger partial charge in [-0.1, -0.05) is 6.92 Å². The smallest absolute Gasteiger partial charge is 0.162 e. The lowest BCUT2D eigenvalue weighted by Crippen LogP contribution is -2.43. The first kappa shape index (κ1) is 13.5. The molecule has 1 aliphatic heterocycles. The number of benzene rings is 1. The number of Topliss-reactive ketones (excluding diaryl/α,β-unsaturated/α-hetero) is 1. The van der Waals surface area contributed by atoms with Gasteiger partial charge in [0.15, 0.2) is 5.78 Å². The van der Waals surface area contributed by atoms with E-state index in [4.69, 9.17) is 0 Å². The first-order valence-corrected chi connectivity index (χ1v) is 7.52. The first-order valence-electron chi connectivity index (χ1n) is 6.54. The molecule has 0 aliphatic carbocycles. The van der Waals surface area contributed by atoms with Crippen molar-refractivity contribution >= 4 is 23.2 Å². The largest absolute Gasteiger partial charge is 0.369 e. The lowest BCUT2D eigenvalue weighted by molar-refractivity contribution is 0.0988. The van der Waals surface area contributed by atoms with Crippen LogP contribution >= 0.6 is 11.8 Å². The van der Waals surface area contributed by atoms with Crippen LogP contribution in [0, 0.1) is 0 Å². The van der Waals surface area contributed by atoms with Crippen LogP contribution in [-0.4, -0.2) is 29.4 Å². The van der Waals surface area contributed by atoms with E-state index in [0.717, 1.165) is 18.7 Å². The Hall–Kier alpha value is -0.960. The van der Waals surface area contributed by atoms with Crippen molar-refractivity contribution < 1.29 is 4.79 Å². The summed E-state index contributed by atoms with van der Waals surface area (Å²) in [6.07, 6.45) is 0.576. The number of hydrogen-bond donors (Lipinski definition) is 0. The molecule has 1 aromatic carbocycles. The highest BCUT2D eigenvalue weighted by molar-refractivity contribution is 8.00. The lowest BCUT2D eigenvalue weighted by atomic mass is 10.1. The Bertz CT molecular complexity index is 425. The van der Waals surface area contributed by atoms with Crippen LogP contribution in [0.1, 0.15) is 37.6 Å². The molecule has 3 heteroatoms. The second-order valence-corrected chi connectivity index (χ2v) is 7.16. The molecule has 0 bridgehead atoms. The normalized spacial score (nSPS) is 18.7. The maximum absolute atomic E-state index is 11.6. The molecule has 0 unspecified atom stereocenters. The van der Waals surface area contributed by atoms with Gasteiger partial charge in [0, 0.05) is 41.3 Å². The molecule has 1 aromatic rings. The Kier molecular flexibility index (Phi) is 4.00. The zero-order chi connectivity index (χ0) is 13.2. The highest BCUT2D eigenvalue weighted by Gasteiger charge is 2.27. The summed E-state index contributed by atoms with van der Waals surface area (Å²) in [5, 5.41) is 0. The van der Waals surface area contributed by atoms with Crippen LogP contribution in [0.4, 0.5) is 5.69 Å². The van der Waals surface area contributed by atoms with Crippen LogP contribution < -0.4 is 4.90 Å². The van der Waals surface area contributed by atoms with Gasteiger partial charge in [0.05, 0.1) is 0 Å². The standard InChI is InChI=1S/C15H21NOS/c1-4-14(17)12-5-7-13(8-6-12)16-9-10-18-15(2,3)11-16/h5-8H,4,9-11H2,1-3H3. The van der Waals surface area contributed by atoms with Crippen LogP contribution in [0.25, 0.3) is 0 Å². The van der Waals surface area contributed by atoms with E-state index in [1.54, 1.807) is 0 Å². The minimum absolute atomic E-state index is 0.219. The van der Waals surface area contributed by atoms with E-state index in [0.29, 0.717) is 11.2 Å². The van der Waals surface area contributed by atoms with E-state index in [9.17, 15) is 4.79 Å². The molecule has 0 aromatic heterocycles. The zero-order valence-electron chi connectivity index (χ0n) is 11.4. The van der Waals surface area contributed by atoms with Crippen molar-refractivity contribution in [1.82, 2.24) is 0 Å². The zero-order valence-corrected chi connectivity index (χ0v) is 12.2. The molecule has 0 spiro atoms. The monoisotopic (exact) mass is 263 g/mol. The lowest BCUT2D eigenvalue weighted by Gasteiger charge is -2.39. The first-order chi connectivity index (χ1) is 8.52. The quantitative estimate of drug-likeness (QED) is 0.777. The van der Waals surface area contributed by atoms with E-state index in [-0.39, 0.29) is 5.78 Å². The summed E-state index contributed by atoms with van der Waals surface area (Å²) in [6.45, 7) is 8.64. The molecule has 18 heavy (non-hydrogen) atoms. The minimum atomic E-state index is 0.219. The second-order valence-electron chi connectivity index (χ2n) is 5.35. The second kappa shape index (κ2) is 5.35. The molecule has 0 amide bonds. The van der Waals surface area contributed by atoms with E-state index in [1.165, 1.54) is 11.4 Å². The van der Waals surface area contributed by atoms with E-state index in [2.05, 4.69) is 30.9 Å². The Morgan fingerprint density at radius 3 is 2.56 bits per heavy atom. The molecule has 0 N–H and O–H groups in total. The van der Waals surface area contributed by atoms with Gasteiger partial charge in [0.25, 0.3) is 0 Å². The molecule has 0 radical (unpaired) electrons. The van der Waals surface area contributed by atoms with Gasteiger partial charge in [-0.15, -0.1) is 0 Å². The molecule has 1 fully saturated rings. The van der Waals surface area contributed by atoms with Crippen molar-refractivity contribution in [3.63, 3.8) is 0 Å². The summed E-state index contributed by atoms with van der Waals surface area (Å²) in [5.41, 5.74) is 2.06. The molecule has 2 nitrogen and oxygen atoms in total. The van der Waals surface area contributed by atoms with Crippen LogP contribution in [-0.2, 0) is 0 Å². The third-order valence-corrected chi connectivity index (χ3v) is 4.60. The minimum Gasteiger partial charge on any atom is -0.369 e. The van der Waals surface area contributed by atoms with E-state index < -0.39 is 0 Å². The Labute approximate surface area is 114 Å². The fourth-order valence-electron chi connectivity index (χ4n) is 2.30. The Morgan fingerprint density at radius 1 is 1.33 bits per heavy atom. The molecule has 98 valence electrons. The molecule has 0 atom stereocenters. The van der Waals surface area contributed by atoms with Crippen LogP contribution in [0.5, 0.6) is 0 Å². The number of ketones is 1. The topological polar surface area (TPSA) is 20.3 Å². The third-order valence-electron chi connectivity index (χ3n) is 3.30. The van der Waals surface area contributed by atoms with Crippen LogP contribution in [0.3, 0.4) is 0 Å². The van der Waals surface area contributed by atoms with Crippen molar-refractivity contribution in [3.8, 4) is 0 Å². The number of carbonyl (C=O) groups excluding carboxylic acids is 1. The van der Waals surface area contributed by atoms with Crippen molar-refractivity contribution in [1.29, 1.82) is 0 Å². The van der Waals surface area contributed by atoms with Gasteiger partial charge < -0.3 is 4.90 Å². The number of carbonyl (C=O) groups is 1. The maximum Gasteiger partial charge on any atom is 0.162 e. The summed E-state index contributed by atoms with van der Waals surface area (Å²) in [6, 6.07) is 8.07. The van der Waals surface area contributed by atoms with Crippen molar-refractivity contribution in [2.45, 2.75) is 31.9 Å². The van der Waals surface area contributed by atoms with Gasteiger partial charge in [-0.25, -0.2) is 0 Å². The van der Waals surface area contributed by atoms with Gasteiger partial charge in [-0.3, -0.25) is 4.79 Å². The van der Waals surface area contributed by atoms with E-state index in [1.807, 2.05) is 30.8 Å². The molecule has 1 heterocycles. The third kappa shape index (κ3) is 3.08. The van der Waals surface area contributed by atoms with Crippen LogP contribution in [0.2, 0.25) is 0 Å². The molecule has 1 saturated heterocycles. The molecule has 1 aliphatic rings. The predicted molar refractivity (Wildman–Crippen MR) is 79.8 cm³/mol. The van der Waals surface area contributed by atoms with Gasteiger partial charge in [0.1, 0.15) is 0 Å². The summed E-state index contributed by atoms with van der Waals surface area (Å²) in [7, 11) is 0. The van der Waals surface area contributed by atoms with Crippen molar-refractivity contribution in [2.75, 3.05) is 23.7 Å². The highest BCUT2D eigenvalue weighted by atomic mass is 32.2. The average molecular weight is 263 g/mol. The molecule has 0 saturated carbocycles. The van der Waals surface area contributed by atoms with Gasteiger partial charge in [-0.2, -0.15) is 11.8 Å². The van der Waals surface area contributed by atoms with Crippen molar-refractivity contribution in [2.24, 2.45) is 0 Å².